The summed E-state index contributed by atoms with van der Waals surface area (Å²) in [6.45, 7) is 3.52. The summed E-state index contributed by atoms with van der Waals surface area (Å²) in [5.41, 5.74) is 5.59. The van der Waals surface area contributed by atoms with Crippen molar-refractivity contribution in [3.63, 3.8) is 0 Å². The zero-order chi connectivity index (χ0) is 10.8. The molecule has 0 aliphatic carbocycles. The Morgan fingerprint density at radius 3 is 3.07 bits per heavy atom. The summed E-state index contributed by atoms with van der Waals surface area (Å²) in [7, 11) is 0. The van der Waals surface area contributed by atoms with E-state index in [-0.39, 0.29) is 6.10 Å². The van der Waals surface area contributed by atoms with Crippen molar-refractivity contribution < 1.29 is 5.11 Å². The maximum Gasteiger partial charge on any atom is 0.227 e. The van der Waals surface area contributed by atoms with E-state index in [0.29, 0.717) is 24.2 Å². The molecular formula is C10H16N4O. The molecule has 1 aromatic rings. The summed E-state index contributed by atoms with van der Waals surface area (Å²) in [6, 6.07) is 1.66. The average Bonchev–Trinajstić information content (AvgIpc) is 2.22. The van der Waals surface area contributed by atoms with Crippen LogP contribution in [-0.2, 0) is 0 Å². The molecule has 1 saturated heterocycles. The molecule has 1 aromatic heterocycles. The van der Waals surface area contributed by atoms with Crippen LogP contribution in [0.15, 0.2) is 12.3 Å². The van der Waals surface area contributed by atoms with Gasteiger partial charge in [-0.2, -0.15) is 4.98 Å². The molecule has 0 bridgehead atoms. The molecule has 0 radical (unpaired) electrons. The van der Waals surface area contributed by atoms with Crippen molar-refractivity contribution in [3.05, 3.63) is 12.3 Å². The monoisotopic (exact) mass is 208 g/mol. The van der Waals surface area contributed by atoms with Crippen molar-refractivity contribution in [2.24, 2.45) is 5.92 Å². The number of anilines is 2. The summed E-state index contributed by atoms with van der Waals surface area (Å²) in [6.07, 6.45) is 2.30. The van der Waals surface area contributed by atoms with Gasteiger partial charge in [-0.15, -0.1) is 0 Å². The van der Waals surface area contributed by atoms with Crippen LogP contribution in [0.1, 0.15) is 13.3 Å². The largest absolute Gasteiger partial charge is 0.391 e. The summed E-state index contributed by atoms with van der Waals surface area (Å²) in [4.78, 5) is 10.3. The van der Waals surface area contributed by atoms with Gasteiger partial charge in [-0.1, -0.05) is 6.92 Å². The van der Waals surface area contributed by atoms with Gasteiger partial charge >= 0.3 is 0 Å². The van der Waals surface area contributed by atoms with Gasteiger partial charge in [0, 0.05) is 19.3 Å². The number of aromatic nitrogens is 2. The predicted molar refractivity (Wildman–Crippen MR) is 58.4 cm³/mol. The zero-order valence-corrected chi connectivity index (χ0v) is 8.80. The van der Waals surface area contributed by atoms with Crippen molar-refractivity contribution in [2.75, 3.05) is 23.7 Å². The van der Waals surface area contributed by atoms with Gasteiger partial charge in [0.2, 0.25) is 5.95 Å². The molecule has 2 unspecified atom stereocenters. The minimum Gasteiger partial charge on any atom is -0.391 e. The molecular weight excluding hydrogens is 192 g/mol. The van der Waals surface area contributed by atoms with Gasteiger partial charge in [-0.25, -0.2) is 4.98 Å². The van der Waals surface area contributed by atoms with Crippen LogP contribution in [0.25, 0.3) is 0 Å². The highest BCUT2D eigenvalue weighted by Gasteiger charge is 2.25. The molecule has 2 heterocycles. The Hall–Kier alpha value is -1.36. The summed E-state index contributed by atoms with van der Waals surface area (Å²) >= 11 is 0. The first kappa shape index (κ1) is 10.2. The topological polar surface area (TPSA) is 75.3 Å². The van der Waals surface area contributed by atoms with Crippen LogP contribution in [-0.4, -0.2) is 34.3 Å². The Labute approximate surface area is 88.9 Å². The first-order chi connectivity index (χ1) is 7.16. The number of aliphatic hydroxyl groups is 1. The van der Waals surface area contributed by atoms with Crippen molar-refractivity contribution in [3.8, 4) is 0 Å². The molecule has 0 aromatic carbocycles. The molecule has 1 aliphatic heterocycles. The molecule has 5 heteroatoms. The fourth-order valence-electron chi connectivity index (χ4n) is 1.74. The fourth-order valence-corrected chi connectivity index (χ4v) is 1.74. The third-order valence-corrected chi connectivity index (χ3v) is 2.87. The van der Waals surface area contributed by atoms with Crippen LogP contribution >= 0.6 is 0 Å². The number of piperidine rings is 1. The third-order valence-electron chi connectivity index (χ3n) is 2.87. The van der Waals surface area contributed by atoms with Gasteiger partial charge in [0.05, 0.1) is 6.10 Å². The number of nitrogens with two attached hydrogens (primary N) is 1. The average molecular weight is 208 g/mol. The van der Waals surface area contributed by atoms with E-state index >= 15 is 0 Å². The van der Waals surface area contributed by atoms with Gasteiger partial charge in [0.1, 0.15) is 5.82 Å². The van der Waals surface area contributed by atoms with E-state index in [2.05, 4.69) is 16.9 Å². The van der Waals surface area contributed by atoms with E-state index in [1.165, 1.54) is 0 Å². The molecule has 5 nitrogen and oxygen atoms in total. The Kier molecular flexibility index (Phi) is 2.73. The summed E-state index contributed by atoms with van der Waals surface area (Å²) < 4.78 is 0. The number of nitrogen functional groups attached to an aromatic ring is 1. The van der Waals surface area contributed by atoms with Gasteiger partial charge in [-0.05, 0) is 18.4 Å². The van der Waals surface area contributed by atoms with Crippen molar-refractivity contribution in [1.82, 2.24) is 9.97 Å². The molecule has 0 spiro atoms. The second kappa shape index (κ2) is 4.02. The lowest BCUT2D eigenvalue weighted by atomic mass is 9.96. The van der Waals surface area contributed by atoms with Gasteiger partial charge < -0.3 is 15.7 Å². The SMILES string of the molecule is CC1CCN(c2nccc(N)n2)CC1O. The third kappa shape index (κ3) is 2.18. The van der Waals surface area contributed by atoms with E-state index in [1.807, 2.05) is 4.90 Å². The highest BCUT2D eigenvalue weighted by molar-refractivity contribution is 5.38. The van der Waals surface area contributed by atoms with Crippen LogP contribution in [0.4, 0.5) is 11.8 Å². The number of hydrogen-bond donors (Lipinski definition) is 2. The van der Waals surface area contributed by atoms with Crippen LogP contribution in [0.3, 0.4) is 0 Å². The van der Waals surface area contributed by atoms with E-state index < -0.39 is 0 Å². The molecule has 3 N–H and O–H groups in total. The molecule has 15 heavy (non-hydrogen) atoms. The van der Waals surface area contributed by atoms with Crippen molar-refractivity contribution >= 4 is 11.8 Å². The maximum absolute atomic E-state index is 9.75. The molecule has 0 saturated carbocycles. The second-order valence-electron chi connectivity index (χ2n) is 4.06. The quantitative estimate of drug-likeness (QED) is 0.692. The number of aliphatic hydroxyl groups excluding tert-OH is 1. The van der Waals surface area contributed by atoms with E-state index in [9.17, 15) is 5.11 Å². The standard InChI is InChI=1S/C10H16N4O/c1-7-3-5-14(6-8(7)15)10-12-4-2-9(11)13-10/h2,4,7-8,15H,3,5-6H2,1H3,(H2,11,12,13). The minimum atomic E-state index is -0.302. The Morgan fingerprint density at radius 2 is 2.40 bits per heavy atom. The molecule has 2 rings (SSSR count). The van der Waals surface area contributed by atoms with Crippen molar-refractivity contribution in [1.29, 1.82) is 0 Å². The predicted octanol–water partition coefficient (Wildman–Crippen LogP) is 0.266. The lowest BCUT2D eigenvalue weighted by molar-refractivity contribution is 0.102. The van der Waals surface area contributed by atoms with Gasteiger partial charge in [0.25, 0.3) is 0 Å². The van der Waals surface area contributed by atoms with Crippen LogP contribution in [0.2, 0.25) is 0 Å². The normalized spacial score (nSPS) is 26.7. The second-order valence-corrected chi connectivity index (χ2v) is 4.06. The first-order valence-corrected chi connectivity index (χ1v) is 5.18. The van der Waals surface area contributed by atoms with Gasteiger partial charge in [0.15, 0.2) is 0 Å². The molecule has 82 valence electrons. The molecule has 0 amide bonds. The Morgan fingerprint density at radius 1 is 1.60 bits per heavy atom. The maximum atomic E-state index is 9.75. The molecule has 1 fully saturated rings. The van der Waals surface area contributed by atoms with E-state index in [0.717, 1.165) is 13.0 Å². The van der Waals surface area contributed by atoms with Crippen LogP contribution in [0.5, 0.6) is 0 Å². The lowest BCUT2D eigenvalue weighted by Crippen LogP contribution is -2.43. The smallest absolute Gasteiger partial charge is 0.227 e. The van der Waals surface area contributed by atoms with E-state index in [4.69, 9.17) is 5.73 Å². The minimum absolute atomic E-state index is 0.302. The van der Waals surface area contributed by atoms with Crippen LogP contribution < -0.4 is 10.6 Å². The molecule has 2 atom stereocenters. The van der Waals surface area contributed by atoms with Crippen LogP contribution in [0, 0.1) is 5.92 Å². The fraction of sp³-hybridized carbons (Fsp3) is 0.600. The number of β-amino-alcohol motifs (C(OH)–C–C–N with tert-alkyl or cyclic N) is 1. The zero-order valence-electron chi connectivity index (χ0n) is 8.80. The highest BCUT2D eigenvalue weighted by atomic mass is 16.3. The molecule has 1 aliphatic rings. The first-order valence-electron chi connectivity index (χ1n) is 5.18. The Bertz CT molecular complexity index is 344. The summed E-state index contributed by atoms with van der Waals surface area (Å²) in [5, 5.41) is 9.75. The van der Waals surface area contributed by atoms with Gasteiger partial charge in [-0.3, -0.25) is 0 Å². The lowest BCUT2D eigenvalue weighted by Gasteiger charge is -2.34. The number of nitrogens with zero attached hydrogens (tertiary/aromatic N) is 3. The number of rotatable bonds is 1. The Balaban J connectivity index is 2.12. The summed E-state index contributed by atoms with van der Waals surface area (Å²) in [5.74, 6) is 1.43. The van der Waals surface area contributed by atoms with E-state index in [1.54, 1.807) is 12.3 Å². The van der Waals surface area contributed by atoms with Crippen molar-refractivity contribution in [2.45, 2.75) is 19.4 Å². The number of hydrogen-bond acceptors (Lipinski definition) is 5. The highest BCUT2D eigenvalue weighted by Crippen LogP contribution is 2.20.